The van der Waals surface area contributed by atoms with Gasteiger partial charge in [0, 0.05) is 0 Å². The van der Waals surface area contributed by atoms with E-state index in [4.69, 9.17) is 25.8 Å². The van der Waals surface area contributed by atoms with Gasteiger partial charge in [-0.05, 0) is 13.3 Å². The minimum atomic E-state index is -0.659. The van der Waals surface area contributed by atoms with E-state index in [1.807, 2.05) is 6.92 Å². The Hall–Kier alpha value is -0.840. The van der Waals surface area contributed by atoms with Gasteiger partial charge in [0.15, 0.2) is 0 Å². The summed E-state index contributed by atoms with van der Waals surface area (Å²) in [5.41, 5.74) is -0.381. The van der Waals surface area contributed by atoms with Crippen molar-refractivity contribution < 1.29 is 19.0 Å². The van der Waals surface area contributed by atoms with Gasteiger partial charge in [0.1, 0.15) is 12.0 Å². The van der Waals surface area contributed by atoms with Crippen molar-refractivity contribution in [2.45, 2.75) is 25.6 Å². The molecule has 1 unspecified atom stereocenters. The number of alkyl halides is 1. The summed E-state index contributed by atoms with van der Waals surface area (Å²) in [6.07, 6.45) is 4.11. The van der Waals surface area contributed by atoms with Crippen LogP contribution in [0.2, 0.25) is 0 Å². The van der Waals surface area contributed by atoms with Crippen molar-refractivity contribution in [3.63, 3.8) is 0 Å². The molecule has 0 saturated carbocycles. The van der Waals surface area contributed by atoms with E-state index in [2.05, 4.69) is 13.2 Å². The topological polar surface area (TPSA) is 44.8 Å². The molecule has 0 aromatic rings. The lowest BCUT2D eigenvalue weighted by Gasteiger charge is -2.31. The summed E-state index contributed by atoms with van der Waals surface area (Å²) in [6.45, 7) is 12.8. The summed E-state index contributed by atoms with van der Waals surface area (Å²) in [7, 11) is 0. The van der Waals surface area contributed by atoms with Crippen LogP contribution in [-0.2, 0) is 19.0 Å². The standard InChI is InChI=1S/C15H25ClO4/c1-5-8-18-10-15(7-3,11-19-9-6-2)12-20-14(17)13(4)16/h5-6,13H,1-2,7-12H2,3-4H3. The van der Waals surface area contributed by atoms with Crippen LogP contribution >= 0.6 is 11.6 Å². The molecule has 0 fully saturated rings. The molecule has 0 amide bonds. The van der Waals surface area contributed by atoms with Crippen LogP contribution in [0.1, 0.15) is 20.3 Å². The van der Waals surface area contributed by atoms with Crippen LogP contribution in [-0.4, -0.2) is 44.4 Å². The first-order valence-corrected chi connectivity index (χ1v) is 7.13. The molecule has 0 rings (SSSR count). The highest BCUT2D eigenvalue weighted by Gasteiger charge is 2.31. The first-order valence-electron chi connectivity index (χ1n) is 6.69. The number of hydrogen-bond acceptors (Lipinski definition) is 4. The predicted molar refractivity (Wildman–Crippen MR) is 81.0 cm³/mol. The normalized spacial score (nSPS) is 12.8. The van der Waals surface area contributed by atoms with Crippen LogP contribution < -0.4 is 0 Å². The van der Waals surface area contributed by atoms with E-state index >= 15 is 0 Å². The van der Waals surface area contributed by atoms with Crippen molar-refractivity contribution in [3.05, 3.63) is 25.3 Å². The zero-order valence-corrected chi connectivity index (χ0v) is 13.2. The lowest BCUT2D eigenvalue weighted by molar-refractivity contribution is -0.150. The molecule has 0 aliphatic heterocycles. The Labute approximate surface area is 126 Å². The van der Waals surface area contributed by atoms with E-state index < -0.39 is 11.3 Å². The molecule has 0 aliphatic rings. The second kappa shape index (κ2) is 10.9. The molecule has 20 heavy (non-hydrogen) atoms. The third-order valence-electron chi connectivity index (χ3n) is 2.88. The average Bonchev–Trinajstić information content (AvgIpc) is 2.44. The van der Waals surface area contributed by atoms with E-state index in [0.717, 1.165) is 6.42 Å². The zero-order valence-electron chi connectivity index (χ0n) is 12.4. The van der Waals surface area contributed by atoms with Gasteiger partial charge in [-0.1, -0.05) is 19.1 Å². The van der Waals surface area contributed by atoms with Gasteiger partial charge < -0.3 is 14.2 Å². The van der Waals surface area contributed by atoms with Crippen molar-refractivity contribution in [1.29, 1.82) is 0 Å². The first kappa shape index (κ1) is 19.2. The molecule has 1 atom stereocenters. The molecule has 0 aliphatic carbocycles. The maximum atomic E-state index is 11.5. The Bertz CT molecular complexity index is 288. The summed E-state index contributed by atoms with van der Waals surface area (Å²) in [5.74, 6) is -0.433. The van der Waals surface area contributed by atoms with Crippen LogP contribution in [0, 0.1) is 5.41 Å². The van der Waals surface area contributed by atoms with Crippen molar-refractivity contribution in [2.24, 2.45) is 5.41 Å². The average molecular weight is 305 g/mol. The quantitative estimate of drug-likeness (QED) is 0.241. The third-order valence-corrected chi connectivity index (χ3v) is 3.06. The van der Waals surface area contributed by atoms with Crippen LogP contribution in [0.25, 0.3) is 0 Å². The van der Waals surface area contributed by atoms with Crippen molar-refractivity contribution in [3.8, 4) is 0 Å². The largest absolute Gasteiger partial charge is 0.464 e. The molecule has 5 heteroatoms. The fraction of sp³-hybridized carbons (Fsp3) is 0.667. The van der Waals surface area contributed by atoms with Gasteiger partial charge in [-0.2, -0.15) is 0 Å². The number of rotatable bonds is 12. The Balaban J connectivity index is 4.57. The maximum absolute atomic E-state index is 11.5. The number of halogens is 1. The molecule has 0 spiro atoms. The first-order chi connectivity index (χ1) is 9.51. The Kier molecular flexibility index (Phi) is 10.4. The molecule has 4 nitrogen and oxygen atoms in total. The van der Waals surface area contributed by atoms with Crippen LogP contribution in [0.15, 0.2) is 25.3 Å². The SMILES string of the molecule is C=CCOCC(CC)(COCC=C)COC(=O)C(C)Cl. The molecule has 0 aromatic heterocycles. The minimum absolute atomic E-state index is 0.216. The molecule has 0 radical (unpaired) electrons. The number of esters is 1. The summed E-state index contributed by atoms with van der Waals surface area (Å²) in [4.78, 5) is 11.5. The van der Waals surface area contributed by atoms with Crippen molar-refractivity contribution in [1.82, 2.24) is 0 Å². The van der Waals surface area contributed by atoms with Gasteiger partial charge in [-0.15, -0.1) is 24.8 Å². The number of carbonyl (C=O) groups is 1. The fourth-order valence-electron chi connectivity index (χ4n) is 1.49. The third kappa shape index (κ3) is 7.68. The number of carbonyl (C=O) groups excluding carboxylic acids is 1. The summed E-state index contributed by atoms with van der Waals surface area (Å²) >= 11 is 5.69. The molecule has 0 saturated heterocycles. The van der Waals surface area contributed by atoms with E-state index in [-0.39, 0.29) is 12.0 Å². The van der Waals surface area contributed by atoms with Crippen LogP contribution in [0.3, 0.4) is 0 Å². The van der Waals surface area contributed by atoms with Crippen LogP contribution in [0.5, 0.6) is 0 Å². The number of ether oxygens (including phenoxy) is 3. The molecule has 116 valence electrons. The van der Waals surface area contributed by atoms with Gasteiger partial charge in [-0.3, -0.25) is 4.79 Å². The molecule has 0 N–H and O–H groups in total. The second-order valence-electron chi connectivity index (χ2n) is 4.68. The Morgan fingerprint density at radius 2 is 1.70 bits per heavy atom. The minimum Gasteiger partial charge on any atom is -0.464 e. The fourth-order valence-corrected chi connectivity index (χ4v) is 1.55. The van der Waals surface area contributed by atoms with E-state index in [1.165, 1.54) is 0 Å². The second-order valence-corrected chi connectivity index (χ2v) is 5.34. The van der Waals surface area contributed by atoms with Gasteiger partial charge in [0.25, 0.3) is 0 Å². The maximum Gasteiger partial charge on any atom is 0.323 e. The van der Waals surface area contributed by atoms with Gasteiger partial charge in [0.05, 0.1) is 31.8 Å². The summed E-state index contributed by atoms with van der Waals surface area (Å²) in [6, 6.07) is 0. The molecule has 0 bridgehead atoms. The van der Waals surface area contributed by atoms with Gasteiger partial charge >= 0.3 is 5.97 Å². The predicted octanol–water partition coefficient (Wildman–Crippen LogP) is 2.96. The van der Waals surface area contributed by atoms with Crippen molar-refractivity contribution >= 4 is 17.6 Å². The Morgan fingerprint density at radius 3 is 2.05 bits per heavy atom. The van der Waals surface area contributed by atoms with E-state index in [9.17, 15) is 4.79 Å². The lowest BCUT2D eigenvalue weighted by Crippen LogP contribution is -2.38. The molecular formula is C15H25ClO4. The van der Waals surface area contributed by atoms with E-state index in [1.54, 1.807) is 19.1 Å². The van der Waals surface area contributed by atoms with Gasteiger partial charge in [0.2, 0.25) is 0 Å². The molecule has 0 heterocycles. The van der Waals surface area contributed by atoms with Crippen molar-refractivity contribution in [2.75, 3.05) is 33.0 Å². The summed E-state index contributed by atoms with van der Waals surface area (Å²) < 4.78 is 16.3. The number of hydrogen-bond donors (Lipinski definition) is 0. The lowest BCUT2D eigenvalue weighted by atomic mass is 9.88. The van der Waals surface area contributed by atoms with E-state index in [0.29, 0.717) is 26.4 Å². The monoisotopic (exact) mass is 304 g/mol. The Morgan fingerprint density at radius 1 is 1.20 bits per heavy atom. The highest BCUT2D eigenvalue weighted by molar-refractivity contribution is 6.29. The highest BCUT2D eigenvalue weighted by atomic mass is 35.5. The van der Waals surface area contributed by atoms with Crippen LogP contribution in [0.4, 0.5) is 0 Å². The zero-order chi connectivity index (χ0) is 15.4. The molecular weight excluding hydrogens is 280 g/mol. The molecule has 0 aromatic carbocycles. The van der Waals surface area contributed by atoms with Gasteiger partial charge in [-0.25, -0.2) is 0 Å². The summed E-state index contributed by atoms with van der Waals surface area (Å²) in [5, 5.41) is -0.659. The highest BCUT2D eigenvalue weighted by Crippen LogP contribution is 2.24. The smallest absolute Gasteiger partial charge is 0.323 e.